The number of nitrogens with one attached hydrogen (secondary N) is 2. The summed E-state index contributed by atoms with van der Waals surface area (Å²) in [6.07, 6.45) is -1.22. The van der Waals surface area contributed by atoms with Crippen LogP contribution in [0.15, 0.2) is 133 Å². The van der Waals surface area contributed by atoms with Gasteiger partial charge in [0.05, 0.1) is 0 Å². The third kappa shape index (κ3) is 19.3. The van der Waals surface area contributed by atoms with Crippen LogP contribution >= 0.6 is 0 Å². The van der Waals surface area contributed by atoms with Crippen LogP contribution in [0, 0.1) is 6.92 Å². The summed E-state index contributed by atoms with van der Waals surface area (Å²) in [6, 6.07) is 47.5. The maximum absolute atomic E-state index is 12.5. The standard InChI is InChI=1S/C24H20B.C17H32N4O.2C2H4O2.2Zn/c1-5-13-21(14-6-1)25(22-15-7-2-8-16-22,23-17-9-3-10-18-23)24-19-11-4-12-20-24;1-14-10-15(12-18-6-8-20(2)3)17(22)16(11-14)13-19-7-9-21(4)5;2*1-2(3)4;;/h1-20H;10-11,18-19,22H,6-9,12-13H2,1-5H3;2*1H3,(H,3,4);;/q-1;;;;2*+2/p-3. The number of carbonyl (C=O) groups excluding carboxylic acids is 2. The van der Waals surface area contributed by atoms with E-state index in [1.54, 1.807) is 0 Å². The molecule has 57 heavy (non-hydrogen) atoms. The first-order valence-electron chi connectivity index (χ1n) is 18.5. The number of nitrogens with zero attached hydrogens (tertiary/aromatic N) is 2. The summed E-state index contributed by atoms with van der Waals surface area (Å²) in [5.74, 6) is -2.00. The second kappa shape index (κ2) is 29.2. The van der Waals surface area contributed by atoms with Gasteiger partial charge >= 0.3 is 39.0 Å². The molecular formula is C45H57BN4O5Zn2. The Morgan fingerprint density at radius 1 is 0.544 bits per heavy atom. The predicted octanol–water partition coefficient (Wildman–Crippen LogP) is 0.942. The number of likely N-dealkylation sites (N-methyl/N-ethyl adjacent to an activating group) is 2. The van der Waals surface area contributed by atoms with Crippen molar-refractivity contribution in [3.63, 3.8) is 0 Å². The number of aliphatic carboxylic acids is 2. The molecule has 0 bridgehead atoms. The minimum atomic E-state index is -1.22. The monoisotopic (exact) mass is 872 g/mol. The molecule has 294 valence electrons. The van der Waals surface area contributed by atoms with Crippen molar-refractivity contribution in [3.8, 4) is 5.75 Å². The van der Waals surface area contributed by atoms with Crippen molar-refractivity contribution in [1.82, 2.24) is 20.4 Å². The van der Waals surface area contributed by atoms with Gasteiger partial charge in [-0.3, -0.25) is 0 Å². The fraction of sp³-hybridized carbons (Fsp3) is 0.289. The molecule has 12 heteroatoms. The van der Waals surface area contributed by atoms with Crippen LogP contribution < -0.4 is 47.8 Å². The Morgan fingerprint density at radius 3 is 1.02 bits per heavy atom. The van der Waals surface area contributed by atoms with E-state index in [2.05, 4.69) is 142 Å². The quantitative estimate of drug-likeness (QED) is 0.124. The van der Waals surface area contributed by atoms with Crippen molar-refractivity contribution in [1.29, 1.82) is 0 Å². The Labute approximate surface area is 366 Å². The topological polar surface area (TPSA) is 134 Å². The SMILES string of the molecule is CC(=O)[O-].CC(=O)[O-].Cc1cc(CNCCN(C)C)c([O-])c(CNCCN(C)C)c1.[Zn+2].[Zn+2].c1ccc([B-](c2ccccc2)(c2ccccc2)c2ccccc2)cc1. The maximum atomic E-state index is 12.5. The molecule has 0 saturated heterocycles. The van der Waals surface area contributed by atoms with E-state index in [4.69, 9.17) is 19.8 Å². The van der Waals surface area contributed by atoms with Crippen molar-refractivity contribution in [2.45, 2.75) is 33.9 Å². The van der Waals surface area contributed by atoms with Crippen LogP contribution in [-0.2, 0) is 61.6 Å². The normalized spacial score (nSPS) is 10.3. The van der Waals surface area contributed by atoms with Crippen molar-refractivity contribution >= 4 is 39.9 Å². The first-order chi connectivity index (χ1) is 26.3. The van der Waals surface area contributed by atoms with Gasteiger partial charge in [-0.25, -0.2) is 0 Å². The first-order valence-corrected chi connectivity index (χ1v) is 18.5. The summed E-state index contributed by atoms with van der Waals surface area (Å²) in [4.78, 5) is 22.0. The average molecular weight is 876 g/mol. The Bertz CT molecular complexity index is 1600. The number of aryl methyl sites for hydroxylation is 1. The molecule has 5 rings (SSSR count). The summed E-state index contributed by atoms with van der Waals surface area (Å²) in [5, 5.41) is 36.9. The molecule has 0 aliphatic rings. The zero-order valence-corrected chi connectivity index (χ0v) is 40.8. The third-order valence-electron chi connectivity index (χ3n) is 8.69. The van der Waals surface area contributed by atoms with E-state index >= 15 is 0 Å². The Morgan fingerprint density at radius 2 is 0.789 bits per heavy atom. The summed E-state index contributed by atoms with van der Waals surface area (Å²) in [5.41, 5.74) is 8.23. The van der Waals surface area contributed by atoms with Gasteiger partial charge in [-0.15, -0.1) is 0 Å². The first kappa shape index (κ1) is 53.0. The van der Waals surface area contributed by atoms with Crippen LogP contribution in [0.1, 0.15) is 30.5 Å². The fourth-order valence-corrected chi connectivity index (χ4v) is 6.36. The number of carboxylic acid groups (broad SMARTS) is 2. The molecule has 0 fully saturated rings. The molecule has 9 nitrogen and oxygen atoms in total. The molecule has 0 heterocycles. The van der Waals surface area contributed by atoms with E-state index in [0.717, 1.165) is 56.7 Å². The molecule has 5 aromatic rings. The minimum absolute atomic E-state index is 0. The Balaban J connectivity index is 0.000000905. The van der Waals surface area contributed by atoms with Gasteiger partial charge in [0.15, 0.2) is 0 Å². The van der Waals surface area contributed by atoms with E-state index < -0.39 is 18.1 Å². The predicted molar refractivity (Wildman–Crippen MR) is 223 cm³/mol. The molecule has 0 atom stereocenters. The average Bonchev–Trinajstić information content (AvgIpc) is 3.15. The van der Waals surface area contributed by atoms with Gasteiger partial charge in [0.2, 0.25) is 0 Å². The number of hydrogen-bond acceptors (Lipinski definition) is 9. The van der Waals surface area contributed by atoms with Crippen molar-refractivity contribution in [2.75, 3.05) is 54.4 Å². The molecule has 0 amide bonds. The van der Waals surface area contributed by atoms with Gasteiger partial charge in [-0.1, -0.05) is 145 Å². The van der Waals surface area contributed by atoms with Crippen LogP contribution in [0.5, 0.6) is 5.75 Å². The Hall–Kier alpha value is -4.01. The third-order valence-corrected chi connectivity index (χ3v) is 8.69. The van der Waals surface area contributed by atoms with Gasteiger partial charge in [-0.2, -0.15) is 21.9 Å². The second-order valence-corrected chi connectivity index (χ2v) is 13.9. The molecule has 0 saturated carbocycles. The fourth-order valence-electron chi connectivity index (χ4n) is 6.36. The van der Waals surface area contributed by atoms with Crippen LogP contribution in [0.25, 0.3) is 0 Å². The molecule has 2 N–H and O–H groups in total. The largest absolute Gasteiger partial charge is 2.00 e. The Kier molecular flexibility index (Phi) is 27.2. The molecule has 0 spiro atoms. The molecule has 0 aliphatic heterocycles. The van der Waals surface area contributed by atoms with Crippen LogP contribution in [-0.4, -0.2) is 82.3 Å². The number of benzene rings is 5. The van der Waals surface area contributed by atoms with Gasteiger partial charge in [0.25, 0.3) is 0 Å². The van der Waals surface area contributed by atoms with E-state index in [-0.39, 0.29) is 44.7 Å². The van der Waals surface area contributed by atoms with E-state index in [0.29, 0.717) is 13.1 Å². The van der Waals surface area contributed by atoms with Crippen molar-refractivity contribution in [3.05, 3.63) is 150 Å². The number of carboxylic acids is 2. The summed E-state index contributed by atoms with van der Waals surface area (Å²) < 4.78 is 0. The van der Waals surface area contributed by atoms with Gasteiger partial charge in [-0.05, 0) is 60.1 Å². The summed E-state index contributed by atoms with van der Waals surface area (Å²) >= 11 is 0. The zero-order chi connectivity index (χ0) is 40.6. The molecule has 0 aliphatic carbocycles. The minimum Gasteiger partial charge on any atom is -0.872 e. The van der Waals surface area contributed by atoms with E-state index in [1.807, 2.05) is 47.2 Å². The number of rotatable bonds is 14. The van der Waals surface area contributed by atoms with Gasteiger partial charge < -0.3 is 45.3 Å². The van der Waals surface area contributed by atoms with Crippen molar-refractivity contribution < 1.29 is 63.9 Å². The van der Waals surface area contributed by atoms with Crippen LogP contribution in [0.3, 0.4) is 0 Å². The summed E-state index contributed by atoms with van der Waals surface area (Å²) in [6.45, 7) is 8.98. The summed E-state index contributed by atoms with van der Waals surface area (Å²) in [7, 11) is 8.19. The maximum Gasteiger partial charge on any atom is 2.00 e. The van der Waals surface area contributed by atoms with Crippen molar-refractivity contribution in [2.24, 2.45) is 0 Å². The van der Waals surface area contributed by atoms with Crippen LogP contribution in [0.4, 0.5) is 0 Å². The second-order valence-electron chi connectivity index (χ2n) is 13.9. The van der Waals surface area contributed by atoms with Gasteiger partial charge in [0, 0.05) is 51.2 Å². The number of carbonyl (C=O) groups is 2. The molecule has 5 aromatic carbocycles. The molecular weight excluding hydrogens is 818 g/mol. The molecule has 0 aromatic heterocycles. The molecule has 0 radical (unpaired) electrons. The van der Waals surface area contributed by atoms with E-state index in [1.165, 1.54) is 21.9 Å². The molecule has 0 unspecified atom stereocenters. The zero-order valence-electron chi connectivity index (χ0n) is 34.9. The number of hydrogen-bond donors (Lipinski definition) is 2. The van der Waals surface area contributed by atoms with Crippen LogP contribution in [0.2, 0.25) is 0 Å². The van der Waals surface area contributed by atoms with Gasteiger partial charge in [0.1, 0.15) is 6.15 Å². The smallest absolute Gasteiger partial charge is 0.872 e. The van der Waals surface area contributed by atoms with E-state index in [9.17, 15) is 5.11 Å².